The summed E-state index contributed by atoms with van der Waals surface area (Å²) in [5, 5.41) is 7.02. The lowest BCUT2D eigenvalue weighted by Crippen LogP contribution is -2.29. The molecule has 10 heteroatoms. The number of nitrogens with one attached hydrogen (secondary N) is 2. The van der Waals surface area contributed by atoms with Gasteiger partial charge < -0.3 is 5.32 Å². The molecule has 0 aromatic carbocycles. The number of halogens is 3. The fourth-order valence-corrected chi connectivity index (χ4v) is 3.34. The molecular weight excluding hydrogens is 309 g/mol. The molecule has 0 aliphatic heterocycles. The second kappa shape index (κ2) is 6.75. The highest BCUT2D eigenvalue weighted by molar-refractivity contribution is 7.89. The van der Waals surface area contributed by atoms with Crippen molar-refractivity contribution in [2.24, 2.45) is 0 Å². The number of aromatic nitrogens is 2. The van der Waals surface area contributed by atoms with Gasteiger partial charge >= 0.3 is 6.18 Å². The van der Waals surface area contributed by atoms with Gasteiger partial charge in [-0.05, 0) is 20.9 Å². The lowest BCUT2D eigenvalue weighted by atomic mass is 10.4. The minimum absolute atomic E-state index is 0.0548. The molecule has 1 rings (SSSR count). The number of sulfonamides is 1. The number of hydrogen-bond acceptors (Lipinski definition) is 4. The Bertz CT molecular complexity index is 581. The lowest BCUT2D eigenvalue weighted by Gasteiger charge is -2.09. The molecule has 0 saturated heterocycles. The second-order valence-corrected chi connectivity index (χ2v) is 6.29. The molecule has 1 aromatic heterocycles. The van der Waals surface area contributed by atoms with Crippen LogP contribution in [0.4, 0.5) is 13.2 Å². The van der Waals surface area contributed by atoms with E-state index in [4.69, 9.17) is 0 Å². The Morgan fingerprint density at radius 3 is 2.38 bits per heavy atom. The topological polar surface area (TPSA) is 76.0 Å². The van der Waals surface area contributed by atoms with Crippen LogP contribution >= 0.6 is 0 Å². The van der Waals surface area contributed by atoms with E-state index in [9.17, 15) is 21.6 Å². The molecule has 2 N–H and O–H groups in total. The van der Waals surface area contributed by atoms with Gasteiger partial charge in [0.2, 0.25) is 10.0 Å². The maximum atomic E-state index is 12.1. The summed E-state index contributed by atoms with van der Waals surface area (Å²) in [6.45, 7) is 3.48. The predicted molar refractivity (Wildman–Crippen MR) is 71.5 cm³/mol. The molecule has 0 bridgehead atoms. The fraction of sp³-hybridized carbons (Fsp3) is 0.727. The number of nitrogens with zero attached hydrogens (tertiary/aromatic N) is 2. The van der Waals surface area contributed by atoms with Crippen molar-refractivity contribution < 1.29 is 21.6 Å². The summed E-state index contributed by atoms with van der Waals surface area (Å²) in [5.41, 5.74) is 0.672. The van der Waals surface area contributed by atoms with Crippen molar-refractivity contribution in [3.8, 4) is 0 Å². The molecule has 1 heterocycles. The van der Waals surface area contributed by atoms with Gasteiger partial charge in [-0.15, -0.1) is 0 Å². The summed E-state index contributed by atoms with van der Waals surface area (Å²) in [6.07, 6.45) is -5.61. The van der Waals surface area contributed by atoms with Gasteiger partial charge in [0.25, 0.3) is 0 Å². The molecule has 0 fully saturated rings. The molecule has 6 nitrogen and oxygen atoms in total. The summed E-state index contributed by atoms with van der Waals surface area (Å²) in [5.74, 6) is 0. The van der Waals surface area contributed by atoms with Crippen molar-refractivity contribution in [3.05, 3.63) is 11.4 Å². The first-order valence-corrected chi connectivity index (χ1v) is 7.82. The Kier molecular flexibility index (Phi) is 5.76. The number of rotatable bonds is 7. The van der Waals surface area contributed by atoms with Gasteiger partial charge in [-0.3, -0.25) is 4.68 Å². The van der Waals surface area contributed by atoms with Crippen LogP contribution in [0.3, 0.4) is 0 Å². The average Bonchev–Trinajstić information content (AvgIpc) is 2.60. The highest BCUT2D eigenvalue weighted by Gasteiger charge is 2.29. The fourth-order valence-electron chi connectivity index (χ4n) is 1.90. The Labute approximate surface area is 121 Å². The summed E-state index contributed by atoms with van der Waals surface area (Å²) < 4.78 is 63.9. The maximum Gasteiger partial charge on any atom is 0.390 e. The van der Waals surface area contributed by atoms with Crippen molar-refractivity contribution >= 4 is 10.0 Å². The largest absolute Gasteiger partial charge is 0.390 e. The van der Waals surface area contributed by atoms with Crippen LogP contribution in [0.1, 0.15) is 17.8 Å². The van der Waals surface area contributed by atoms with Gasteiger partial charge in [0.05, 0.1) is 24.4 Å². The number of likely N-dealkylation sites (N-methyl/N-ethyl adjacent to an activating group) is 1. The van der Waals surface area contributed by atoms with E-state index >= 15 is 0 Å². The molecule has 0 radical (unpaired) electrons. The number of alkyl halides is 3. The minimum atomic E-state index is -4.40. The van der Waals surface area contributed by atoms with Crippen LogP contribution in [0.15, 0.2) is 4.90 Å². The summed E-state index contributed by atoms with van der Waals surface area (Å²) in [4.78, 5) is -0.0548. The summed E-state index contributed by atoms with van der Waals surface area (Å²) in [7, 11) is -2.25. The van der Waals surface area contributed by atoms with Crippen LogP contribution in [0.25, 0.3) is 0 Å². The van der Waals surface area contributed by atoms with E-state index in [-0.39, 0.29) is 10.6 Å². The Morgan fingerprint density at radius 2 is 1.86 bits per heavy atom. The van der Waals surface area contributed by atoms with Crippen LogP contribution in [0, 0.1) is 13.8 Å². The van der Waals surface area contributed by atoms with E-state index in [0.29, 0.717) is 18.8 Å². The van der Waals surface area contributed by atoms with Gasteiger partial charge in [-0.1, -0.05) is 0 Å². The zero-order valence-electron chi connectivity index (χ0n) is 12.1. The third kappa shape index (κ3) is 4.97. The van der Waals surface area contributed by atoms with Crippen LogP contribution in [-0.2, 0) is 16.6 Å². The van der Waals surface area contributed by atoms with Crippen molar-refractivity contribution in [2.75, 3.05) is 20.1 Å². The minimum Gasteiger partial charge on any atom is -0.318 e. The molecular formula is C11H19F3N4O2S. The van der Waals surface area contributed by atoms with Crippen molar-refractivity contribution in [1.29, 1.82) is 0 Å². The van der Waals surface area contributed by atoms with Crippen LogP contribution < -0.4 is 10.0 Å². The molecule has 0 saturated carbocycles. The smallest absolute Gasteiger partial charge is 0.318 e. The first kappa shape index (κ1) is 17.9. The standard InChI is InChI=1S/C11H19F3N4O2S/c1-8-10(9(2)18(17-8)7-6-15-3)21(19,20)16-5-4-11(12,13)14/h15-16H,4-7H2,1-3H3. The zero-order valence-corrected chi connectivity index (χ0v) is 12.9. The van der Waals surface area contributed by atoms with E-state index in [0.717, 1.165) is 0 Å². The Hall–Kier alpha value is -1.13. The molecule has 1 aromatic rings. The quantitative estimate of drug-likeness (QED) is 0.781. The van der Waals surface area contributed by atoms with Gasteiger partial charge in [0.1, 0.15) is 4.90 Å². The van der Waals surface area contributed by atoms with Crippen molar-refractivity contribution in [3.63, 3.8) is 0 Å². The summed E-state index contributed by atoms with van der Waals surface area (Å²) >= 11 is 0. The normalized spacial score (nSPS) is 12.9. The lowest BCUT2D eigenvalue weighted by molar-refractivity contribution is -0.132. The monoisotopic (exact) mass is 328 g/mol. The number of aryl methyl sites for hydroxylation is 1. The van der Waals surface area contributed by atoms with Gasteiger partial charge in [0, 0.05) is 13.1 Å². The van der Waals surface area contributed by atoms with E-state index in [2.05, 4.69) is 10.4 Å². The molecule has 122 valence electrons. The van der Waals surface area contributed by atoms with Crippen molar-refractivity contribution in [1.82, 2.24) is 19.8 Å². The molecule has 0 amide bonds. The second-order valence-electron chi connectivity index (χ2n) is 4.59. The van der Waals surface area contributed by atoms with Crippen LogP contribution in [-0.4, -0.2) is 44.5 Å². The Balaban J connectivity index is 2.90. The van der Waals surface area contributed by atoms with E-state index < -0.39 is 29.2 Å². The third-order valence-electron chi connectivity index (χ3n) is 2.86. The molecule has 0 unspecified atom stereocenters. The van der Waals surface area contributed by atoms with E-state index in [1.165, 1.54) is 11.6 Å². The van der Waals surface area contributed by atoms with Gasteiger partial charge in [-0.25, -0.2) is 13.1 Å². The van der Waals surface area contributed by atoms with Crippen LogP contribution in [0.5, 0.6) is 0 Å². The molecule has 0 aliphatic rings. The predicted octanol–water partition coefficient (Wildman–Crippen LogP) is 0.950. The average molecular weight is 328 g/mol. The zero-order chi connectivity index (χ0) is 16.3. The Morgan fingerprint density at radius 1 is 1.24 bits per heavy atom. The molecule has 0 spiro atoms. The molecule has 0 atom stereocenters. The number of hydrogen-bond donors (Lipinski definition) is 2. The van der Waals surface area contributed by atoms with Gasteiger partial charge in [-0.2, -0.15) is 18.3 Å². The van der Waals surface area contributed by atoms with Crippen LogP contribution in [0.2, 0.25) is 0 Å². The SMILES string of the molecule is CNCCn1nc(C)c(S(=O)(=O)NCCC(F)(F)F)c1C. The maximum absolute atomic E-state index is 12.1. The van der Waals surface area contributed by atoms with E-state index in [1.54, 1.807) is 14.0 Å². The first-order valence-electron chi connectivity index (χ1n) is 6.33. The van der Waals surface area contributed by atoms with Crippen molar-refractivity contribution in [2.45, 2.75) is 37.9 Å². The highest BCUT2D eigenvalue weighted by atomic mass is 32.2. The molecule has 21 heavy (non-hydrogen) atoms. The van der Waals surface area contributed by atoms with Gasteiger partial charge in [0.15, 0.2) is 0 Å². The summed E-state index contributed by atoms with van der Waals surface area (Å²) in [6, 6.07) is 0. The first-order chi connectivity index (χ1) is 9.58. The highest BCUT2D eigenvalue weighted by Crippen LogP contribution is 2.21. The van der Waals surface area contributed by atoms with E-state index in [1.807, 2.05) is 4.72 Å². The molecule has 0 aliphatic carbocycles. The third-order valence-corrected chi connectivity index (χ3v) is 4.57.